The number of benzene rings is 1. The quantitative estimate of drug-likeness (QED) is 0.0954. The van der Waals surface area contributed by atoms with Crippen LogP contribution in [0.3, 0.4) is 0 Å². The van der Waals surface area contributed by atoms with Crippen LogP contribution in [0.1, 0.15) is 174 Å². The standard InChI is InChI=1S/C70H116N12O12/c1-24-46-34-57(85)61(62(87)43(14)32-58-74-49-26-25-47(63(71)72)33-50(49)75-58)82(23)70(94)60(42(12)13)81(22)69(93)54(30-40(8)9)80(21)68(92)53(29-39(6)7)79(20)65(89)45(16)73-64(88)44(15)31-55(83)52(28-38(4)5)78(19)67(91)48(41(10)11)35-56(84)51(27-37(2)3)77(18)59(86)36-76(17)66(46)90/h25-26,33,37-46,48,51-54,60-62,87H,24,27-32,34-36H2,1-23H3,(H3,71,72)(H,73,88)(H,74,75)/t43-,44-,45-,46-,48+,51+,52+,53+,54+,60+,61-,62-/m1/s1. The summed E-state index contributed by atoms with van der Waals surface area (Å²) in [4.78, 5) is 179. The first kappa shape index (κ1) is 81.1. The van der Waals surface area contributed by atoms with E-state index >= 15 is 19.2 Å². The molecule has 6 N–H and O–H groups in total. The first-order valence-electron chi connectivity index (χ1n) is 33.7. The predicted octanol–water partition coefficient (Wildman–Crippen LogP) is 5.98. The summed E-state index contributed by atoms with van der Waals surface area (Å²) in [6.07, 6.45) is -1.77. The molecule has 0 spiro atoms. The van der Waals surface area contributed by atoms with Crippen LogP contribution >= 0.6 is 0 Å². The minimum Gasteiger partial charge on any atom is -0.390 e. The molecular formula is C70H116N12O12. The number of hydrogen-bond donors (Lipinski definition) is 5. The van der Waals surface area contributed by atoms with Crippen LogP contribution in [0.4, 0.5) is 0 Å². The van der Waals surface area contributed by atoms with Gasteiger partial charge < -0.3 is 55.4 Å². The number of aliphatic hydroxyl groups is 1. The Morgan fingerprint density at radius 1 is 0.574 bits per heavy atom. The highest BCUT2D eigenvalue weighted by atomic mass is 16.3. The summed E-state index contributed by atoms with van der Waals surface area (Å²) in [7, 11) is 10.1. The number of Topliss-reactive ketones (excluding diaryl/α,β-unsaturated/α-hetero) is 3. The number of carbonyl (C=O) groups excluding carboxylic acids is 11. The third-order valence-corrected chi connectivity index (χ3v) is 18.7. The molecule has 0 saturated carbocycles. The fraction of sp³-hybridized carbons (Fsp3) is 0.729. The van der Waals surface area contributed by atoms with Crippen molar-refractivity contribution < 1.29 is 57.8 Å². The van der Waals surface area contributed by atoms with Crippen LogP contribution in [-0.4, -0.2) is 224 Å². The lowest BCUT2D eigenvalue weighted by Crippen LogP contribution is -2.62. The maximum Gasteiger partial charge on any atom is 0.246 e. The van der Waals surface area contributed by atoms with Gasteiger partial charge in [-0.2, -0.15) is 0 Å². The normalized spacial score (nSPS) is 25.6. The van der Waals surface area contributed by atoms with Gasteiger partial charge in [0.05, 0.1) is 35.8 Å². The van der Waals surface area contributed by atoms with Gasteiger partial charge in [-0.1, -0.05) is 104 Å². The molecule has 1 aliphatic rings. The highest BCUT2D eigenvalue weighted by Crippen LogP contribution is 2.30. The number of hydrogen-bond acceptors (Lipinski definition) is 14. The number of H-pyrrole nitrogens is 1. The number of aromatic amines is 1. The Morgan fingerprint density at radius 2 is 1.04 bits per heavy atom. The number of nitrogen functional groups attached to an aromatic ring is 1. The number of imidazole rings is 1. The molecule has 3 rings (SSSR count). The van der Waals surface area contributed by atoms with Crippen LogP contribution in [0.2, 0.25) is 0 Å². The molecule has 1 aliphatic heterocycles. The molecule has 1 aromatic carbocycles. The lowest BCUT2D eigenvalue weighted by atomic mass is 9.84. The average molecular weight is 1320 g/mol. The Morgan fingerprint density at radius 3 is 1.53 bits per heavy atom. The Labute approximate surface area is 559 Å². The van der Waals surface area contributed by atoms with E-state index in [2.05, 4.69) is 10.3 Å². The van der Waals surface area contributed by atoms with Gasteiger partial charge in [0.2, 0.25) is 47.3 Å². The molecule has 8 amide bonds. The van der Waals surface area contributed by atoms with Crippen molar-refractivity contribution in [2.24, 2.45) is 64.9 Å². The topological polar surface area (TPSA) is 321 Å². The summed E-state index contributed by atoms with van der Waals surface area (Å²) in [6.45, 7) is 28.1. The van der Waals surface area contributed by atoms with Crippen LogP contribution in [0.5, 0.6) is 0 Å². The Balaban J connectivity index is 2.33. The molecule has 0 bridgehead atoms. The van der Waals surface area contributed by atoms with Gasteiger partial charge in [-0.15, -0.1) is 0 Å². The third-order valence-electron chi connectivity index (χ3n) is 18.7. The van der Waals surface area contributed by atoms with Gasteiger partial charge >= 0.3 is 0 Å². The zero-order valence-electron chi connectivity index (χ0n) is 60.8. The summed E-state index contributed by atoms with van der Waals surface area (Å²) < 4.78 is 0. The van der Waals surface area contributed by atoms with Gasteiger partial charge in [-0.3, -0.25) is 58.1 Å². The van der Waals surface area contributed by atoms with Crippen molar-refractivity contribution in [1.29, 1.82) is 5.41 Å². The number of fused-ring (bicyclic) bond motifs is 1. The minimum absolute atomic E-state index is 0.0612. The highest BCUT2D eigenvalue weighted by molar-refractivity contribution is 6.00. The molecule has 1 fully saturated rings. The first-order valence-corrected chi connectivity index (χ1v) is 33.7. The number of nitrogens with zero attached hydrogens (tertiary/aromatic N) is 8. The number of rotatable bonds is 16. The summed E-state index contributed by atoms with van der Waals surface area (Å²) >= 11 is 0. The number of amidine groups is 1. The van der Waals surface area contributed by atoms with Crippen LogP contribution in [0.25, 0.3) is 11.0 Å². The van der Waals surface area contributed by atoms with Gasteiger partial charge in [0.1, 0.15) is 41.9 Å². The van der Waals surface area contributed by atoms with Crippen molar-refractivity contribution in [3.8, 4) is 0 Å². The number of likely N-dealkylation sites (N-methyl/N-ethyl adjacent to an activating group) is 7. The second-order valence-electron chi connectivity index (χ2n) is 29.3. The van der Waals surface area contributed by atoms with Gasteiger partial charge in [-0.05, 0) is 98.7 Å². The molecule has 0 aliphatic carbocycles. The largest absolute Gasteiger partial charge is 0.390 e. The van der Waals surface area contributed by atoms with E-state index in [1.165, 1.54) is 85.7 Å². The molecule has 24 heteroatoms. The second-order valence-corrected chi connectivity index (χ2v) is 29.3. The molecule has 0 radical (unpaired) electrons. The monoisotopic (exact) mass is 1320 g/mol. The van der Waals surface area contributed by atoms with Crippen LogP contribution in [-0.2, 0) is 59.2 Å². The smallest absolute Gasteiger partial charge is 0.246 e. The number of aromatic nitrogens is 2. The number of ketones is 3. The Kier molecular flexibility index (Phi) is 30.7. The van der Waals surface area contributed by atoms with Gasteiger partial charge in [0.15, 0.2) is 17.3 Å². The van der Waals surface area contributed by atoms with Crippen LogP contribution in [0, 0.1) is 64.6 Å². The van der Waals surface area contributed by atoms with E-state index < -0.39 is 161 Å². The maximum absolute atomic E-state index is 15.5. The fourth-order valence-electron chi connectivity index (χ4n) is 12.8. The highest BCUT2D eigenvalue weighted by Gasteiger charge is 2.46. The lowest BCUT2D eigenvalue weighted by Gasteiger charge is -2.41. The summed E-state index contributed by atoms with van der Waals surface area (Å²) in [5.41, 5.74) is 7.36. The van der Waals surface area contributed by atoms with E-state index in [0.717, 1.165) is 4.90 Å². The van der Waals surface area contributed by atoms with Crippen molar-refractivity contribution in [1.82, 2.24) is 49.6 Å². The van der Waals surface area contributed by atoms with Crippen molar-refractivity contribution in [2.45, 2.75) is 217 Å². The van der Waals surface area contributed by atoms with E-state index in [4.69, 9.17) is 16.1 Å². The van der Waals surface area contributed by atoms with E-state index in [9.17, 15) is 38.7 Å². The average Bonchev–Trinajstić information content (AvgIpc) is 0.992. The molecule has 1 aromatic heterocycles. The number of amides is 8. The molecule has 1 saturated heterocycles. The van der Waals surface area contributed by atoms with Gasteiger partial charge in [0.25, 0.3) is 0 Å². The lowest BCUT2D eigenvalue weighted by molar-refractivity contribution is -0.157. The SMILES string of the molecule is CC[C@@H]1CC(=O)[C@H]([C@H](O)[C@H](C)Cc2nc3ccc(C(=N)N)cc3[nH]2)N(C)C(=O)[C@H](C(C)C)N(C)C(=O)[C@H](CC(C)C)N(C)C(=O)[C@H](CC(C)C)N(C)C(=O)[C@@H](C)NC(=O)[C@H](C)CC(=O)[C@H](CC(C)C)N(C)C(=O)[C@H](C(C)C)CC(=O)[C@H](CC(C)C)N(C)C(=O)CN(C)C1=O. The van der Waals surface area contributed by atoms with Gasteiger partial charge in [-0.25, -0.2) is 4.98 Å². The minimum atomic E-state index is -1.62. The number of carbonyl (C=O) groups is 11. The maximum atomic E-state index is 15.5. The van der Waals surface area contributed by atoms with Crippen LogP contribution < -0.4 is 11.1 Å². The molecule has 12 atom stereocenters. The second kappa shape index (κ2) is 35.6. The number of nitrogens with two attached hydrogens (primary N) is 1. The summed E-state index contributed by atoms with van der Waals surface area (Å²) in [6, 6.07) is -3.44. The van der Waals surface area contributed by atoms with Crippen molar-refractivity contribution in [3.05, 3.63) is 29.6 Å². The molecule has 528 valence electrons. The summed E-state index contributed by atoms with van der Waals surface area (Å²) in [5, 5.41) is 23.3. The fourth-order valence-corrected chi connectivity index (χ4v) is 12.8. The third kappa shape index (κ3) is 21.2. The number of aliphatic hydroxyl groups excluding tert-OH is 1. The van der Waals surface area contributed by atoms with Crippen molar-refractivity contribution in [2.75, 3.05) is 55.9 Å². The Bertz CT molecular complexity index is 3010. The van der Waals surface area contributed by atoms with E-state index in [-0.39, 0.29) is 80.9 Å². The Hall–Kier alpha value is -7.11. The molecular weight excluding hydrogens is 1200 g/mol. The first-order chi connectivity index (χ1) is 43.5. The predicted molar refractivity (Wildman–Crippen MR) is 363 cm³/mol. The molecule has 0 unspecified atom stereocenters. The van der Waals surface area contributed by atoms with E-state index in [1.807, 2.05) is 55.4 Å². The van der Waals surface area contributed by atoms with Crippen LogP contribution in [0.15, 0.2) is 18.2 Å². The molecule has 24 nitrogen and oxygen atoms in total. The van der Waals surface area contributed by atoms with E-state index in [0.29, 0.717) is 22.4 Å². The summed E-state index contributed by atoms with van der Waals surface area (Å²) in [5.74, 6) is -11.4. The zero-order valence-corrected chi connectivity index (χ0v) is 60.8. The van der Waals surface area contributed by atoms with Crippen molar-refractivity contribution >= 4 is 81.5 Å². The molecule has 2 heterocycles. The van der Waals surface area contributed by atoms with Gasteiger partial charge in [0, 0.05) is 98.3 Å². The molecule has 94 heavy (non-hydrogen) atoms. The number of nitrogens with one attached hydrogen (secondary N) is 3. The van der Waals surface area contributed by atoms with E-state index in [1.54, 1.807) is 66.7 Å². The molecule has 2 aromatic rings. The van der Waals surface area contributed by atoms with Crippen molar-refractivity contribution in [3.63, 3.8) is 0 Å². The zero-order chi connectivity index (χ0) is 72.0.